The van der Waals surface area contributed by atoms with Crippen LogP contribution < -0.4 is 4.74 Å². The van der Waals surface area contributed by atoms with Crippen molar-refractivity contribution in [3.8, 4) is 5.75 Å². The van der Waals surface area contributed by atoms with Gasteiger partial charge in [-0.05, 0) is 43.0 Å². The molecular weight excluding hydrogens is 338 g/mol. The van der Waals surface area contributed by atoms with Gasteiger partial charge in [0, 0.05) is 19.0 Å². The van der Waals surface area contributed by atoms with Gasteiger partial charge in [-0.1, -0.05) is 37.3 Å². The van der Waals surface area contributed by atoms with E-state index < -0.39 is 0 Å². The number of nitrogens with one attached hydrogen (secondary N) is 1. The number of para-hydroxylation sites is 3. The van der Waals surface area contributed by atoms with Crippen molar-refractivity contribution in [1.29, 1.82) is 0 Å². The van der Waals surface area contributed by atoms with E-state index in [2.05, 4.69) is 11.9 Å². The standard InChI is InChI=1S/C22H25N3O2/c1-2-16-8-3-6-12-20(16)27-15-21(26)25-13-7-9-17(14-25)22-23-18-10-4-5-11-19(18)24-22/h3-6,8,10-12,17H,2,7,9,13-15H2,1H3,(H,23,24). The van der Waals surface area contributed by atoms with Crippen LogP contribution >= 0.6 is 0 Å². The molecule has 27 heavy (non-hydrogen) atoms. The summed E-state index contributed by atoms with van der Waals surface area (Å²) in [5.74, 6) is 2.07. The summed E-state index contributed by atoms with van der Waals surface area (Å²) in [5.41, 5.74) is 3.16. The van der Waals surface area contributed by atoms with Gasteiger partial charge >= 0.3 is 0 Å². The molecule has 140 valence electrons. The predicted molar refractivity (Wildman–Crippen MR) is 106 cm³/mol. The Bertz CT molecular complexity index is 901. The molecule has 1 amide bonds. The largest absolute Gasteiger partial charge is 0.483 e. The van der Waals surface area contributed by atoms with Crippen molar-refractivity contribution in [2.75, 3.05) is 19.7 Å². The molecule has 1 aliphatic rings. The highest BCUT2D eigenvalue weighted by atomic mass is 16.5. The number of piperidine rings is 1. The molecule has 4 rings (SSSR count). The number of benzene rings is 2. The molecule has 0 bridgehead atoms. The van der Waals surface area contributed by atoms with Gasteiger partial charge in [-0.25, -0.2) is 4.98 Å². The highest BCUT2D eigenvalue weighted by Gasteiger charge is 2.27. The zero-order valence-electron chi connectivity index (χ0n) is 15.6. The third kappa shape index (κ3) is 3.82. The summed E-state index contributed by atoms with van der Waals surface area (Å²) >= 11 is 0. The quantitative estimate of drug-likeness (QED) is 0.748. The predicted octanol–water partition coefficient (Wildman–Crippen LogP) is 3.91. The minimum Gasteiger partial charge on any atom is -0.483 e. The number of aromatic amines is 1. The zero-order chi connectivity index (χ0) is 18.6. The maximum atomic E-state index is 12.7. The molecule has 0 aliphatic carbocycles. The molecule has 5 nitrogen and oxygen atoms in total. The lowest BCUT2D eigenvalue weighted by atomic mass is 9.97. The molecule has 0 spiro atoms. The molecule has 5 heteroatoms. The van der Waals surface area contributed by atoms with Crippen molar-refractivity contribution in [3.63, 3.8) is 0 Å². The molecule has 1 aliphatic heterocycles. The number of fused-ring (bicyclic) bond motifs is 1. The Morgan fingerprint density at radius 2 is 2.04 bits per heavy atom. The van der Waals surface area contributed by atoms with Crippen LogP contribution in [0.2, 0.25) is 0 Å². The second kappa shape index (κ2) is 7.82. The third-order valence-electron chi connectivity index (χ3n) is 5.27. The Hall–Kier alpha value is -2.82. The van der Waals surface area contributed by atoms with Crippen LogP contribution in [0.3, 0.4) is 0 Å². The first kappa shape index (κ1) is 17.6. The van der Waals surface area contributed by atoms with Crippen LogP contribution in [0.25, 0.3) is 11.0 Å². The van der Waals surface area contributed by atoms with Gasteiger partial charge in [0.25, 0.3) is 5.91 Å². The number of H-pyrrole nitrogens is 1. The summed E-state index contributed by atoms with van der Waals surface area (Å²) in [6.07, 6.45) is 2.92. The number of nitrogens with zero attached hydrogens (tertiary/aromatic N) is 2. The first-order valence-corrected chi connectivity index (χ1v) is 9.67. The maximum Gasteiger partial charge on any atom is 0.260 e. The molecule has 1 saturated heterocycles. The highest BCUT2D eigenvalue weighted by molar-refractivity contribution is 5.78. The van der Waals surface area contributed by atoms with Gasteiger partial charge in [-0.15, -0.1) is 0 Å². The SMILES string of the molecule is CCc1ccccc1OCC(=O)N1CCCC(c2nc3ccccc3[nH]2)C1. The van der Waals surface area contributed by atoms with Crippen molar-refractivity contribution in [3.05, 3.63) is 59.9 Å². The number of amides is 1. The van der Waals surface area contributed by atoms with E-state index in [1.807, 2.05) is 53.4 Å². The van der Waals surface area contributed by atoms with Crippen LogP contribution in [0.4, 0.5) is 0 Å². The summed E-state index contributed by atoms with van der Waals surface area (Å²) < 4.78 is 5.82. The number of ether oxygens (including phenoxy) is 1. The molecule has 3 aromatic rings. The molecule has 2 heterocycles. The first-order valence-electron chi connectivity index (χ1n) is 9.67. The fourth-order valence-electron chi connectivity index (χ4n) is 3.76. The molecule has 1 unspecified atom stereocenters. The topological polar surface area (TPSA) is 58.2 Å². The number of imidazole rings is 1. The Morgan fingerprint density at radius 3 is 2.89 bits per heavy atom. The Labute approximate surface area is 159 Å². The van der Waals surface area contributed by atoms with E-state index in [-0.39, 0.29) is 18.4 Å². The summed E-state index contributed by atoms with van der Waals surface area (Å²) in [4.78, 5) is 22.7. The van der Waals surface area contributed by atoms with Gasteiger partial charge in [-0.2, -0.15) is 0 Å². The van der Waals surface area contributed by atoms with E-state index in [0.717, 1.165) is 54.0 Å². The lowest BCUT2D eigenvalue weighted by Crippen LogP contribution is -2.41. The Balaban J connectivity index is 1.40. The summed E-state index contributed by atoms with van der Waals surface area (Å²) in [5, 5.41) is 0. The molecule has 0 saturated carbocycles. The maximum absolute atomic E-state index is 12.7. The van der Waals surface area contributed by atoms with Gasteiger partial charge in [0.05, 0.1) is 11.0 Å². The molecule has 1 aromatic heterocycles. The van der Waals surface area contributed by atoms with Crippen LogP contribution in [-0.4, -0.2) is 40.5 Å². The van der Waals surface area contributed by atoms with Crippen LogP contribution in [0.5, 0.6) is 5.75 Å². The van der Waals surface area contributed by atoms with E-state index in [0.29, 0.717) is 6.54 Å². The average Bonchev–Trinajstić information content (AvgIpc) is 3.16. The number of aromatic nitrogens is 2. The van der Waals surface area contributed by atoms with Crippen molar-refractivity contribution < 1.29 is 9.53 Å². The molecule has 2 aromatic carbocycles. The van der Waals surface area contributed by atoms with E-state index in [1.54, 1.807) is 0 Å². The number of likely N-dealkylation sites (tertiary alicyclic amines) is 1. The number of aryl methyl sites for hydroxylation is 1. The lowest BCUT2D eigenvalue weighted by Gasteiger charge is -2.31. The minimum absolute atomic E-state index is 0.0433. The molecular formula is C22H25N3O2. The lowest BCUT2D eigenvalue weighted by molar-refractivity contribution is -0.134. The number of hydrogen-bond donors (Lipinski definition) is 1. The molecule has 1 atom stereocenters. The van der Waals surface area contributed by atoms with Gasteiger partial charge < -0.3 is 14.6 Å². The van der Waals surface area contributed by atoms with Gasteiger partial charge in [0.1, 0.15) is 11.6 Å². The molecule has 1 fully saturated rings. The van der Waals surface area contributed by atoms with Gasteiger partial charge in [-0.3, -0.25) is 4.79 Å². The minimum atomic E-state index is 0.0433. The summed E-state index contributed by atoms with van der Waals surface area (Å²) in [6, 6.07) is 16.0. The highest BCUT2D eigenvalue weighted by Crippen LogP contribution is 2.27. The Kier molecular flexibility index (Phi) is 5.10. The monoisotopic (exact) mass is 363 g/mol. The average molecular weight is 363 g/mol. The van der Waals surface area contributed by atoms with Crippen molar-refractivity contribution in [2.45, 2.75) is 32.1 Å². The van der Waals surface area contributed by atoms with Crippen LogP contribution in [-0.2, 0) is 11.2 Å². The van der Waals surface area contributed by atoms with Crippen LogP contribution in [0.1, 0.15) is 37.1 Å². The number of carbonyl (C=O) groups is 1. The summed E-state index contributed by atoms with van der Waals surface area (Å²) in [6.45, 7) is 3.65. The van der Waals surface area contributed by atoms with Gasteiger partial charge in [0.2, 0.25) is 0 Å². The second-order valence-electron chi connectivity index (χ2n) is 7.07. The fraction of sp³-hybridized carbons (Fsp3) is 0.364. The van der Waals surface area contributed by atoms with E-state index in [4.69, 9.17) is 9.72 Å². The fourth-order valence-corrected chi connectivity index (χ4v) is 3.76. The normalized spacial score (nSPS) is 17.2. The summed E-state index contributed by atoms with van der Waals surface area (Å²) in [7, 11) is 0. The number of rotatable bonds is 5. The number of carbonyl (C=O) groups excluding carboxylic acids is 1. The second-order valence-corrected chi connectivity index (χ2v) is 7.07. The smallest absolute Gasteiger partial charge is 0.260 e. The molecule has 1 N–H and O–H groups in total. The van der Waals surface area contributed by atoms with Crippen LogP contribution in [0, 0.1) is 0 Å². The van der Waals surface area contributed by atoms with Gasteiger partial charge in [0.15, 0.2) is 6.61 Å². The van der Waals surface area contributed by atoms with Crippen molar-refractivity contribution in [2.24, 2.45) is 0 Å². The first-order chi connectivity index (χ1) is 13.2. The number of hydrogen-bond acceptors (Lipinski definition) is 3. The Morgan fingerprint density at radius 1 is 1.22 bits per heavy atom. The third-order valence-corrected chi connectivity index (χ3v) is 5.27. The van der Waals surface area contributed by atoms with E-state index in [1.165, 1.54) is 0 Å². The molecule has 0 radical (unpaired) electrons. The van der Waals surface area contributed by atoms with E-state index >= 15 is 0 Å². The van der Waals surface area contributed by atoms with Crippen molar-refractivity contribution >= 4 is 16.9 Å². The van der Waals surface area contributed by atoms with Crippen molar-refractivity contribution in [1.82, 2.24) is 14.9 Å². The zero-order valence-corrected chi connectivity index (χ0v) is 15.6. The van der Waals surface area contributed by atoms with Crippen LogP contribution in [0.15, 0.2) is 48.5 Å². The van der Waals surface area contributed by atoms with E-state index in [9.17, 15) is 4.79 Å².